The number of carbonyl (C=O) groups excluding carboxylic acids is 7. The van der Waals surface area contributed by atoms with Gasteiger partial charge >= 0.3 is 23.9 Å². The molecule has 20 heteroatoms. The van der Waals surface area contributed by atoms with Gasteiger partial charge in [0.2, 0.25) is 29.5 Å². The van der Waals surface area contributed by atoms with E-state index >= 15 is 0 Å². The van der Waals surface area contributed by atoms with Gasteiger partial charge in [-0.2, -0.15) is 0 Å². The normalized spacial score (nSPS) is 13.1. The number of benzene rings is 1. The van der Waals surface area contributed by atoms with Crippen molar-refractivity contribution in [2.75, 3.05) is 18.4 Å². The van der Waals surface area contributed by atoms with Gasteiger partial charge in [-0.25, -0.2) is 4.79 Å². The van der Waals surface area contributed by atoms with E-state index in [0.717, 1.165) is 0 Å². The fourth-order valence-electron chi connectivity index (χ4n) is 5.10. The Balaban J connectivity index is 3.03. The third kappa shape index (κ3) is 20.6. The average molecular weight is 807 g/mol. The number of carbonyl (C=O) groups is 9. The zero-order valence-corrected chi connectivity index (χ0v) is 33.3. The maximum atomic E-state index is 13.5. The highest BCUT2D eigenvalue weighted by molar-refractivity contribution is 5.99. The second-order valence-corrected chi connectivity index (χ2v) is 14.2. The molecule has 0 aliphatic heterocycles. The van der Waals surface area contributed by atoms with Gasteiger partial charge in [-0.1, -0.05) is 53.7 Å². The van der Waals surface area contributed by atoms with E-state index in [0.29, 0.717) is 11.3 Å². The molecule has 0 aliphatic carbocycles. The first-order valence-corrected chi connectivity index (χ1v) is 18.7. The molecule has 0 aromatic heterocycles. The Labute approximate surface area is 331 Å². The summed E-state index contributed by atoms with van der Waals surface area (Å²) in [5, 5.41) is 36.3. The number of nitrogens with one attached hydrogen (secondary N) is 7. The minimum absolute atomic E-state index is 0.0391. The molecule has 1 aromatic rings. The van der Waals surface area contributed by atoms with Gasteiger partial charge in [-0.3, -0.25) is 38.4 Å². The zero-order chi connectivity index (χ0) is 43.2. The van der Waals surface area contributed by atoms with E-state index in [1.807, 2.05) is 0 Å². The summed E-state index contributed by atoms with van der Waals surface area (Å²) < 4.78 is 5.22. The number of esters is 1. The lowest BCUT2D eigenvalue weighted by molar-refractivity contribution is -0.148. The van der Waals surface area contributed by atoms with Crippen LogP contribution in [0.5, 0.6) is 0 Å². The van der Waals surface area contributed by atoms with Crippen molar-refractivity contribution in [3.8, 4) is 0 Å². The Kier molecular flexibility index (Phi) is 21.9. The fourth-order valence-corrected chi connectivity index (χ4v) is 5.10. The van der Waals surface area contributed by atoms with E-state index in [9.17, 15) is 48.3 Å². The first kappa shape index (κ1) is 49.2. The molecule has 0 bridgehead atoms. The number of amides is 7. The Bertz CT molecular complexity index is 1550. The number of anilines is 1. The first-order valence-electron chi connectivity index (χ1n) is 18.7. The molecule has 1 aromatic carbocycles. The highest BCUT2D eigenvalue weighted by Gasteiger charge is 2.30. The van der Waals surface area contributed by atoms with Crippen LogP contribution in [0, 0.1) is 11.8 Å². The van der Waals surface area contributed by atoms with Gasteiger partial charge in [0.05, 0.1) is 18.5 Å². The summed E-state index contributed by atoms with van der Waals surface area (Å²) in [6, 6.07) is 0.757. The smallest absolute Gasteiger partial charge is 0.312 e. The van der Waals surface area contributed by atoms with Crippen LogP contribution >= 0.6 is 0 Å². The van der Waals surface area contributed by atoms with Crippen LogP contribution in [0.1, 0.15) is 85.6 Å². The third-order valence-electron chi connectivity index (χ3n) is 8.14. The molecule has 4 atom stereocenters. The first-order chi connectivity index (χ1) is 26.7. The van der Waals surface area contributed by atoms with Crippen LogP contribution in [0.4, 0.5) is 10.5 Å². The van der Waals surface area contributed by atoms with Crippen LogP contribution < -0.4 is 43.0 Å². The lowest BCUT2D eigenvalue weighted by atomic mass is 10.0. The van der Waals surface area contributed by atoms with Crippen molar-refractivity contribution >= 4 is 59.2 Å². The molecule has 0 heterocycles. The summed E-state index contributed by atoms with van der Waals surface area (Å²) in [5.41, 5.74) is 6.19. The topological polar surface area (TPSA) is 314 Å². The van der Waals surface area contributed by atoms with Crippen LogP contribution in [0.15, 0.2) is 24.3 Å². The van der Waals surface area contributed by atoms with Crippen molar-refractivity contribution in [3.63, 3.8) is 0 Å². The lowest BCUT2D eigenvalue weighted by Crippen LogP contribution is -2.57. The van der Waals surface area contributed by atoms with Crippen molar-refractivity contribution in [1.82, 2.24) is 31.9 Å². The maximum absolute atomic E-state index is 13.5. The molecule has 1 rings (SSSR count). The molecule has 11 N–H and O–H groups in total. The molecule has 57 heavy (non-hydrogen) atoms. The van der Waals surface area contributed by atoms with Crippen molar-refractivity contribution in [3.05, 3.63) is 29.8 Å². The van der Waals surface area contributed by atoms with Gasteiger partial charge in [0.1, 0.15) is 24.7 Å². The van der Waals surface area contributed by atoms with E-state index in [1.54, 1.807) is 65.8 Å². The van der Waals surface area contributed by atoms with E-state index < -0.39 is 90.6 Å². The Hall–Kier alpha value is -5.79. The minimum atomic E-state index is -1.39. The highest BCUT2D eigenvalue weighted by atomic mass is 16.5. The lowest BCUT2D eigenvalue weighted by Gasteiger charge is -2.26. The van der Waals surface area contributed by atoms with Gasteiger partial charge in [0.25, 0.3) is 0 Å². The van der Waals surface area contributed by atoms with Crippen molar-refractivity contribution in [2.45, 2.75) is 117 Å². The summed E-state index contributed by atoms with van der Waals surface area (Å²) in [7, 11) is 0. The predicted octanol–water partition coefficient (Wildman–Crippen LogP) is 0.0956. The van der Waals surface area contributed by atoms with Gasteiger partial charge in [0, 0.05) is 31.1 Å². The number of urea groups is 1. The molecule has 7 amide bonds. The van der Waals surface area contributed by atoms with Crippen LogP contribution in [-0.2, 0) is 49.7 Å². The maximum Gasteiger partial charge on any atom is 0.312 e. The predicted molar refractivity (Wildman–Crippen MR) is 206 cm³/mol. The highest BCUT2D eigenvalue weighted by Crippen LogP contribution is 2.13. The molecule has 318 valence electrons. The monoisotopic (exact) mass is 806 g/mol. The number of hydrogen-bond acceptors (Lipinski definition) is 11. The van der Waals surface area contributed by atoms with E-state index in [1.165, 1.54) is 0 Å². The summed E-state index contributed by atoms with van der Waals surface area (Å²) in [6.07, 6.45) is -1.00. The molecule has 0 saturated heterocycles. The third-order valence-corrected chi connectivity index (χ3v) is 8.14. The van der Waals surface area contributed by atoms with Crippen molar-refractivity contribution in [1.29, 1.82) is 0 Å². The quantitative estimate of drug-likeness (QED) is 0.0439. The Morgan fingerprint density at radius 1 is 0.684 bits per heavy atom. The largest absolute Gasteiger partial charge is 0.481 e. The summed E-state index contributed by atoms with van der Waals surface area (Å²) in [4.78, 5) is 111. The Morgan fingerprint density at radius 2 is 1.25 bits per heavy atom. The van der Waals surface area contributed by atoms with Gasteiger partial charge < -0.3 is 57.9 Å². The number of ether oxygens (including phenoxy) is 1. The van der Waals surface area contributed by atoms with Crippen LogP contribution in [0.2, 0.25) is 0 Å². The second kappa shape index (κ2) is 25.4. The number of rotatable bonds is 26. The van der Waals surface area contributed by atoms with Crippen molar-refractivity contribution in [2.24, 2.45) is 17.6 Å². The second-order valence-electron chi connectivity index (χ2n) is 14.2. The average Bonchev–Trinajstić information content (AvgIpc) is 3.12. The van der Waals surface area contributed by atoms with Gasteiger partial charge in [-0.15, -0.1) is 0 Å². The molecular formula is C37H58N8O12. The summed E-state index contributed by atoms with van der Waals surface area (Å²) >= 11 is 0. The molecule has 20 nitrogen and oxygen atoms in total. The van der Waals surface area contributed by atoms with Gasteiger partial charge in [-0.05, 0) is 49.3 Å². The molecular weight excluding hydrogens is 748 g/mol. The number of carboxylic acids is 2. The zero-order valence-electron chi connectivity index (χ0n) is 33.3. The fraction of sp³-hybridized carbons (Fsp3) is 0.595. The molecule has 0 fully saturated rings. The van der Waals surface area contributed by atoms with Crippen LogP contribution in [-0.4, -0.2) is 107 Å². The number of nitrogens with two attached hydrogens (primary N) is 1. The molecule has 0 spiro atoms. The number of hydrogen-bond donors (Lipinski definition) is 10. The van der Waals surface area contributed by atoms with E-state index in [-0.39, 0.29) is 63.2 Å². The van der Waals surface area contributed by atoms with E-state index in [4.69, 9.17) is 15.6 Å². The van der Waals surface area contributed by atoms with Crippen LogP contribution in [0.3, 0.4) is 0 Å². The van der Waals surface area contributed by atoms with Gasteiger partial charge in [0.15, 0.2) is 0 Å². The minimum Gasteiger partial charge on any atom is -0.481 e. The molecule has 0 saturated carbocycles. The number of primary amides is 1. The number of carboxylic acid groups (broad SMARTS) is 2. The standard InChI is InChI=1S/C37H58N8O12/c1-20(2)31(45-28(46)18-40-32(51)26(13-15-29(47)48)43-34(53)27(41-22(5)6)14-16-30(49)50)35(54)44-25(8-7-17-39-37(38)56)33(52)42-24-11-9-23(10-12-24)19-57-36(55)21(3)4/h9-12,20-22,25-27,31,41H,7-8,13-19H2,1-6H3,(H,40,51)(H,42,52)(H,43,53)(H,44,54)(H,45,46)(H,47,48)(H,49,50)(H3,38,39,56)/t25-,26-,27-,31-/m0/s1. The summed E-state index contributed by atoms with van der Waals surface area (Å²) in [6.45, 7) is 9.64. The number of aliphatic carboxylic acids is 2. The SMILES string of the molecule is CC(C)N[C@@H](CCC(=O)O)C(=O)N[C@@H](CCC(=O)O)C(=O)NCC(=O)N[C@H](C(=O)N[C@@H](CCCNC(N)=O)C(=O)Nc1ccc(COC(=O)C(C)C)cc1)C(C)C. The van der Waals surface area contributed by atoms with E-state index in [2.05, 4.69) is 37.2 Å². The van der Waals surface area contributed by atoms with Crippen LogP contribution in [0.25, 0.3) is 0 Å². The molecule has 0 unspecified atom stereocenters. The Morgan fingerprint density at radius 3 is 1.77 bits per heavy atom. The molecule has 0 radical (unpaired) electrons. The summed E-state index contributed by atoms with van der Waals surface area (Å²) in [5.74, 6) is -7.32. The molecule has 0 aliphatic rings. The van der Waals surface area contributed by atoms with Crippen molar-refractivity contribution < 1.29 is 58.1 Å².